The summed E-state index contributed by atoms with van der Waals surface area (Å²) in [6.07, 6.45) is -1.94. The third-order valence-corrected chi connectivity index (χ3v) is 4.47. The first-order valence-electron chi connectivity index (χ1n) is 7.56. The maximum Gasteiger partial charge on any atom is 0.416 e. The van der Waals surface area contributed by atoms with Gasteiger partial charge in [-0.2, -0.15) is 13.2 Å². The number of urea groups is 1. The fourth-order valence-electron chi connectivity index (χ4n) is 2.83. The Morgan fingerprint density at radius 2 is 2.09 bits per heavy atom. The molecule has 2 rings (SSSR count). The Kier molecular flexibility index (Phi) is 5.19. The van der Waals surface area contributed by atoms with Crippen LogP contribution in [0.25, 0.3) is 0 Å². The minimum Gasteiger partial charge on any atom is -0.395 e. The van der Waals surface area contributed by atoms with Crippen molar-refractivity contribution in [1.82, 2.24) is 10.2 Å². The molecule has 1 aromatic rings. The van der Waals surface area contributed by atoms with Gasteiger partial charge in [-0.25, -0.2) is 4.79 Å². The number of carbonyl (C=O) groups excluding carboxylic acids is 1. The van der Waals surface area contributed by atoms with Gasteiger partial charge >= 0.3 is 12.2 Å². The monoisotopic (exact) mass is 330 g/mol. The van der Waals surface area contributed by atoms with Crippen LogP contribution in [0.15, 0.2) is 24.3 Å². The van der Waals surface area contributed by atoms with Crippen LogP contribution in [-0.2, 0) is 11.6 Å². The first-order chi connectivity index (χ1) is 10.8. The van der Waals surface area contributed by atoms with Gasteiger partial charge in [-0.1, -0.05) is 24.6 Å². The molecular formula is C16H21F3N2O2. The van der Waals surface area contributed by atoms with Gasteiger partial charge in [0.25, 0.3) is 0 Å². The van der Waals surface area contributed by atoms with E-state index in [0.29, 0.717) is 12.1 Å². The third kappa shape index (κ3) is 3.96. The first-order valence-corrected chi connectivity index (χ1v) is 7.56. The highest BCUT2D eigenvalue weighted by atomic mass is 19.4. The molecule has 128 valence electrons. The molecule has 1 aliphatic rings. The van der Waals surface area contributed by atoms with Crippen LogP contribution in [0, 0.1) is 0 Å². The van der Waals surface area contributed by atoms with Gasteiger partial charge in [0.1, 0.15) is 0 Å². The van der Waals surface area contributed by atoms with E-state index >= 15 is 0 Å². The topological polar surface area (TPSA) is 52.6 Å². The Balaban J connectivity index is 2.11. The second kappa shape index (κ2) is 6.78. The summed E-state index contributed by atoms with van der Waals surface area (Å²) in [4.78, 5) is 13.2. The summed E-state index contributed by atoms with van der Waals surface area (Å²) in [7, 11) is 1.56. The standard InChI is InChI=1S/C16H21F3N2O2/c1-21(8-9-22)14(23)20-11-15(6-3-7-15)12-4-2-5-13(10-12)16(17,18)19/h2,4-5,10,22H,3,6-9,11H2,1H3,(H,20,23). The van der Waals surface area contributed by atoms with Crippen LogP contribution in [0.4, 0.5) is 18.0 Å². The molecule has 0 atom stereocenters. The van der Waals surface area contributed by atoms with Crippen molar-refractivity contribution in [2.45, 2.75) is 30.9 Å². The van der Waals surface area contributed by atoms with Gasteiger partial charge in [-0.05, 0) is 24.5 Å². The number of aliphatic hydroxyl groups excluding tert-OH is 1. The molecule has 1 fully saturated rings. The second-order valence-electron chi connectivity index (χ2n) is 6.02. The molecule has 1 aromatic carbocycles. The average Bonchev–Trinajstić information content (AvgIpc) is 2.45. The van der Waals surface area contributed by atoms with Crippen LogP contribution >= 0.6 is 0 Å². The zero-order valence-electron chi connectivity index (χ0n) is 13.0. The third-order valence-electron chi connectivity index (χ3n) is 4.47. The maximum atomic E-state index is 12.9. The molecule has 2 N–H and O–H groups in total. The van der Waals surface area contributed by atoms with Crippen LogP contribution in [0.2, 0.25) is 0 Å². The van der Waals surface area contributed by atoms with E-state index in [2.05, 4.69) is 5.32 Å². The molecule has 0 spiro atoms. The zero-order chi connectivity index (χ0) is 17.1. The molecule has 1 saturated carbocycles. The number of hydrogen-bond acceptors (Lipinski definition) is 2. The van der Waals surface area contributed by atoms with Crippen molar-refractivity contribution in [2.75, 3.05) is 26.7 Å². The Morgan fingerprint density at radius 3 is 2.61 bits per heavy atom. The highest BCUT2D eigenvalue weighted by Gasteiger charge is 2.40. The van der Waals surface area contributed by atoms with Crippen molar-refractivity contribution in [3.63, 3.8) is 0 Å². The highest BCUT2D eigenvalue weighted by molar-refractivity contribution is 5.74. The molecule has 0 aliphatic heterocycles. The largest absolute Gasteiger partial charge is 0.416 e. The lowest BCUT2D eigenvalue weighted by atomic mass is 9.64. The number of carbonyl (C=O) groups is 1. The van der Waals surface area contributed by atoms with Gasteiger partial charge in [-0.15, -0.1) is 0 Å². The number of nitrogens with one attached hydrogen (secondary N) is 1. The number of amides is 2. The van der Waals surface area contributed by atoms with E-state index in [-0.39, 0.29) is 19.2 Å². The molecular weight excluding hydrogens is 309 g/mol. The Labute approximate surface area is 133 Å². The van der Waals surface area contributed by atoms with E-state index in [1.165, 1.54) is 17.0 Å². The molecule has 0 bridgehead atoms. The molecule has 23 heavy (non-hydrogen) atoms. The van der Waals surface area contributed by atoms with Crippen LogP contribution < -0.4 is 5.32 Å². The van der Waals surface area contributed by atoms with Crippen molar-refractivity contribution in [3.05, 3.63) is 35.4 Å². The predicted molar refractivity (Wildman–Crippen MR) is 80.1 cm³/mol. The summed E-state index contributed by atoms with van der Waals surface area (Å²) in [5, 5.41) is 11.6. The summed E-state index contributed by atoms with van der Waals surface area (Å²) in [6, 6.07) is 5.01. The van der Waals surface area contributed by atoms with Gasteiger partial charge in [0, 0.05) is 25.6 Å². The maximum absolute atomic E-state index is 12.9. The number of halogens is 3. The highest BCUT2D eigenvalue weighted by Crippen LogP contribution is 2.44. The van der Waals surface area contributed by atoms with E-state index < -0.39 is 17.2 Å². The average molecular weight is 330 g/mol. The quantitative estimate of drug-likeness (QED) is 0.872. The molecule has 2 amide bonds. The Morgan fingerprint density at radius 1 is 1.39 bits per heavy atom. The fraction of sp³-hybridized carbons (Fsp3) is 0.562. The lowest BCUT2D eigenvalue weighted by Crippen LogP contribution is -2.49. The fourth-order valence-corrected chi connectivity index (χ4v) is 2.83. The normalized spacial score (nSPS) is 16.6. The smallest absolute Gasteiger partial charge is 0.395 e. The van der Waals surface area contributed by atoms with Gasteiger partial charge in [0.05, 0.1) is 12.2 Å². The molecule has 0 radical (unpaired) electrons. The summed E-state index contributed by atoms with van der Waals surface area (Å²) in [5.74, 6) is 0. The van der Waals surface area contributed by atoms with E-state index in [0.717, 1.165) is 25.3 Å². The number of alkyl halides is 3. The minimum absolute atomic E-state index is 0.136. The van der Waals surface area contributed by atoms with Crippen molar-refractivity contribution >= 4 is 6.03 Å². The minimum atomic E-state index is -4.37. The number of aliphatic hydroxyl groups is 1. The zero-order valence-corrected chi connectivity index (χ0v) is 13.0. The van der Waals surface area contributed by atoms with Crippen LogP contribution in [-0.4, -0.2) is 42.8 Å². The van der Waals surface area contributed by atoms with Gasteiger partial charge in [0.2, 0.25) is 0 Å². The predicted octanol–water partition coefficient (Wildman–Crippen LogP) is 2.76. The van der Waals surface area contributed by atoms with Crippen LogP contribution in [0.5, 0.6) is 0 Å². The first kappa shape index (κ1) is 17.6. The number of rotatable bonds is 5. The molecule has 0 saturated heterocycles. The van der Waals surface area contributed by atoms with E-state index in [1.807, 2.05) is 0 Å². The van der Waals surface area contributed by atoms with Crippen molar-refractivity contribution in [1.29, 1.82) is 0 Å². The van der Waals surface area contributed by atoms with Crippen molar-refractivity contribution < 1.29 is 23.1 Å². The van der Waals surface area contributed by atoms with Gasteiger partial charge in [0.15, 0.2) is 0 Å². The van der Waals surface area contributed by atoms with Crippen molar-refractivity contribution in [3.8, 4) is 0 Å². The van der Waals surface area contributed by atoms with E-state index in [1.54, 1.807) is 13.1 Å². The van der Waals surface area contributed by atoms with Crippen LogP contribution in [0.1, 0.15) is 30.4 Å². The molecule has 7 heteroatoms. The number of hydrogen-bond donors (Lipinski definition) is 2. The van der Waals surface area contributed by atoms with Gasteiger partial charge in [-0.3, -0.25) is 0 Å². The molecule has 1 aliphatic carbocycles. The summed E-state index contributed by atoms with van der Waals surface area (Å²) in [6.45, 7) is 0.369. The van der Waals surface area contributed by atoms with Crippen molar-refractivity contribution in [2.24, 2.45) is 0 Å². The lowest BCUT2D eigenvalue weighted by molar-refractivity contribution is -0.137. The van der Waals surface area contributed by atoms with E-state index in [4.69, 9.17) is 5.11 Å². The molecule has 0 unspecified atom stereocenters. The van der Waals surface area contributed by atoms with E-state index in [9.17, 15) is 18.0 Å². The molecule has 4 nitrogen and oxygen atoms in total. The number of nitrogens with zero attached hydrogens (tertiary/aromatic N) is 1. The Bertz CT molecular complexity index is 557. The summed E-state index contributed by atoms with van der Waals surface area (Å²) < 4.78 is 38.6. The Hall–Kier alpha value is -1.76. The number of likely N-dealkylation sites (N-methyl/N-ethyl adjacent to an activating group) is 1. The molecule has 0 aromatic heterocycles. The second-order valence-corrected chi connectivity index (χ2v) is 6.02. The SMILES string of the molecule is CN(CCO)C(=O)NCC1(c2cccc(C(F)(F)F)c2)CCC1. The number of benzene rings is 1. The summed E-state index contributed by atoms with van der Waals surface area (Å²) >= 11 is 0. The summed E-state index contributed by atoms with van der Waals surface area (Å²) in [5.41, 5.74) is -0.481. The molecule has 0 heterocycles. The van der Waals surface area contributed by atoms with Gasteiger partial charge < -0.3 is 15.3 Å². The van der Waals surface area contributed by atoms with Crippen LogP contribution in [0.3, 0.4) is 0 Å². The lowest BCUT2D eigenvalue weighted by Gasteiger charge is -2.43.